The molecule has 2 heterocycles. The van der Waals surface area contributed by atoms with E-state index in [1.165, 1.54) is 6.07 Å². The Labute approximate surface area is 148 Å². The van der Waals surface area contributed by atoms with Crippen LogP contribution in [0, 0.1) is 11.7 Å². The highest BCUT2D eigenvalue weighted by atomic mass is 19.4. The van der Waals surface area contributed by atoms with Crippen LogP contribution in [0.3, 0.4) is 0 Å². The maximum absolute atomic E-state index is 13.9. The Bertz CT molecular complexity index is 732. The van der Waals surface area contributed by atoms with Crippen LogP contribution in [-0.2, 0) is 0 Å². The number of hydrogen-bond acceptors (Lipinski definition) is 4. The Kier molecular flexibility index (Phi) is 5.31. The molecule has 2 aromatic rings. The first-order valence-electron chi connectivity index (χ1n) is 8.22. The fraction of sp³-hybridized carbons (Fsp3) is 0.389. The topological polar surface area (TPSA) is 45.6 Å². The Morgan fingerprint density at radius 3 is 2.50 bits per heavy atom. The summed E-state index contributed by atoms with van der Waals surface area (Å²) in [5.41, 5.74) is 1.25. The monoisotopic (exact) mass is 370 g/mol. The van der Waals surface area contributed by atoms with E-state index in [0.717, 1.165) is 17.7 Å². The van der Waals surface area contributed by atoms with Gasteiger partial charge in [-0.2, -0.15) is 0 Å². The molecule has 0 amide bonds. The number of aromatic nitrogens is 1. The molecule has 1 N–H and O–H groups in total. The summed E-state index contributed by atoms with van der Waals surface area (Å²) in [4.78, 5) is 5.88. The standard InChI is InChI=1S/C18H18F4N2O2/c19-15-10-14(3-4-16(15)26-18(20,21)22)24-8-5-12(6-9-24)17(25)13-2-1-7-23-11-13/h1-4,7,10-12,17,25H,5-6,8-9H2/t17-/m0/s1. The van der Waals surface area contributed by atoms with Crippen LogP contribution in [0.2, 0.25) is 0 Å². The summed E-state index contributed by atoms with van der Waals surface area (Å²) in [5, 5.41) is 10.4. The van der Waals surface area contributed by atoms with E-state index in [1.807, 2.05) is 11.0 Å². The molecule has 140 valence electrons. The molecule has 0 spiro atoms. The molecule has 3 rings (SSSR count). The van der Waals surface area contributed by atoms with E-state index in [0.29, 0.717) is 31.6 Å². The predicted molar refractivity (Wildman–Crippen MR) is 87.2 cm³/mol. The molecule has 1 aromatic heterocycles. The van der Waals surface area contributed by atoms with Crippen molar-refractivity contribution in [2.75, 3.05) is 18.0 Å². The number of rotatable bonds is 4. The van der Waals surface area contributed by atoms with E-state index >= 15 is 0 Å². The van der Waals surface area contributed by atoms with Crippen molar-refractivity contribution in [1.82, 2.24) is 4.98 Å². The number of ether oxygens (including phenoxy) is 1. The highest BCUT2D eigenvalue weighted by molar-refractivity contribution is 5.50. The summed E-state index contributed by atoms with van der Waals surface area (Å²) in [6.07, 6.45) is -0.920. The zero-order chi connectivity index (χ0) is 18.7. The Morgan fingerprint density at radius 2 is 1.92 bits per heavy atom. The SMILES string of the molecule is O[C@H](c1cccnc1)C1CCN(c2ccc(OC(F)(F)F)c(F)c2)CC1. The van der Waals surface area contributed by atoms with Gasteiger partial charge in [-0.1, -0.05) is 6.07 Å². The van der Waals surface area contributed by atoms with Crippen molar-refractivity contribution in [2.24, 2.45) is 5.92 Å². The lowest BCUT2D eigenvalue weighted by molar-refractivity contribution is -0.275. The highest BCUT2D eigenvalue weighted by Crippen LogP contribution is 2.34. The minimum absolute atomic E-state index is 0.0492. The number of aliphatic hydroxyl groups excluding tert-OH is 1. The molecular formula is C18H18F4N2O2. The summed E-state index contributed by atoms with van der Waals surface area (Å²) >= 11 is 0. The van der Waals surface area contributed by atoms with Gasteiger partial charge in [-0.3, -0.25) is 4.98 Å². The van der Waals surface area contributed by atoms with Gasteiger partial charge in [-0.25, -0.2) is 4.39 Å². The van der Waals surface area contributed by atoms with Crippen LogP contribution < -0.4 is 9.64 Å². The fourth-order valence-corrected chi connectivity index (χ4v) is 3.19. The third-order valence-electron chi connectivity index (χ3n) is 4.52. The number of hydrogen-bond donors (Lipinski definition) is 1. The molecule has 1 aliphatic heterocycles. The molecule has 1 aromatic carbocycles. The average Bonchev–Trinajstić information content (AvgIpc) is 2.63. The van der Waals surface area contributed by atoms with Crippen molar-refractivity contribution in [3.05, 3.63) is 54.1 Å². The molecule has 26 heavy (non-hydrogen) atoms. The van der Waals surface area contributed by atoms with Crippen LogP contribution in [0.1, 0.15) is 24.5 Å². The van der Waals surface area contributed by atoms with Gasteiger partial charge >= 0.3 is 6.36 Å². The van der Waals surface area contributed by atoms with Crippen LogP contribution >= 0.6 is 0 Å². The van der Waals surface area contributed by atoms with Crippen molar-refractivity contribution >= 4 is 5.69 Å². The second-order valence-electron chi connectivity index (χ2n) is 6.22. The number of piperidine rings is 1. The molecule has 0 saturated carbocycles. The largest absolute Gasteiger partial charge is 0.573 e. The van der Waals surface area contributed by atoms with Crippen LogP contribution in [0.5, 0.6) is 5.75 Å². The van der Waals surface area contributed by atoms with E-state index in [2.05, 4.69) is 9.72 Å². The van der Waals surface area contributed by atoms with E-state index in [9.17, 15) is 22.7 Å². The lowest BCUT2D eigenvalue weighted by atomic mass is 9.88. The number of anilines is 1. The quantitative estimate of drug-likeness (QED) is 0.825. The van der Waals surface area contributed by atoms with Crippen molar-refractivity contribution in [3.63, 3.8) is 0 Å². The average molecular weight is 370 g/mol. The Balaban J connectivity index is 1.62. The maximum Gasteiger partial charge on any atom is 0.573 e. The number of aliphatic hydroxyl groups is 1. The lowest BCUT2D eigenvalue weighted by Gasteiger charge is -2.35. The first-order valence-corrected chi connectivity index (χ1v) is 8.22. The predicted octanol–water partition coefficient (Wildman–Crippen LogP) is 4.07. The second-order valence-corrected chi connectivity index (χ2v) is 6.22. The van der Waals surface area contributed by atoms with E-state index in [1.54, 1.807) is 18.5 Å². The first kappa shape index (κ1) is 18.4. The summed E-state index contributed by atoms with van der Waals surface area (Å²) in [6.45, 7) is 1.14. The molecule has 1 fully saturated rings. The minimum Gasteiger partial charge on any atom is -0.403 e. The lowest BCUT2D eigenvalue weighted by Crippen LogP contribution is -2.35. The maximum atomic E-state index is 13.9. The highest BCUT2D eigenvalue weighted by Gasteiger charge is 2.33. The number of pyridine rings is 1. The first-order chi connectivity index (χ1) is 12.3. The number of alkyl halides is 3. The number of halogens is 4. The molecule has 1 saturated heterocycles. The molecule has 0 unspecified atom stereocenters. The van der Waals surface area contributed by atoms with E-state index in [4.69, 9.17) is 0 Å². The third-order valence-corrected chi connectivity index (χ3v) is 4.52. The van der Waals surface area contributed by atoms with Crippen molar-refractivity contribution in [1.29, 1.82) is 0 Å². The molecule has 0 bridgehead atoms. The number of nitrogens with zero attached hydrogens (tertiary/aromatic N) is 2. The van der Waals surface area contributed by atoms with Gasteiger partial charge in [0.25, 0.3) is 0 Å². The Hall–Kier alpha value is -2.35. The summed E-state index contributed by atoms with van der Waals surface area (Å²) in [5.74, 6) is -1.85. The van der Waals surface area contributed by atoms with Crippen molar-refractivity contribution < 1.29 is 27.4 Å². The second kappa shape index (κ2) is 7.49. The van der Waals surface area contributed by atoms with Gasteiger partial charge in [0.2, 0.25) is 0 Å². The van der Waals surface area contributed by atoms with Gasteiger partial charge in [0.15, 0.2) is 11.6 Å². The third kappa shape index (κ3) is 4.43. The van der Waals surface area contributed by atoms with Gasteiger partial charge in [-0.15, -0.1) is 13.2 Å². The molecule has 8 heteroatoms. The smallest absolute Gasteiger partial charge is 0.403 e. The molecule has 0 aliphatic carbocycles. The van der Waals surface area contributed by atoms with Gasteiger partial charge in [0, 0.05) is 37.2 Å². The van der Waals surface area contributed by atoms with Crippen LogP contribution in [0.25, 0.3) is 0 Å². The fourth-order valence-electron chi connectivity index (χ4n) is 3.19. The zero-order valence-corrected chi connectivity index (χ0v) is 13.8. The number of benzene rings is 1. The Morgan fingerprint density at radius 1 is 1.19 bits per heavy atom. The molecule has 1 aliphatic rings. The van der Waals surface area contributed by atoms with Gasteiger partial charge in [0.1, 0.15) is 0 Å². The molecule has 1 atom stereocenters. The zero-order valence-electron chi connectivity index (χ0n) is 13.8. The molecule has 0 radical (unpaired) electrons. The minimum atomic E-state index is -4.93. The van der Waals surface area contributed by atoms with Gasteiger partial charge in [-0.05, 0) is 42.5 Å². The molecule has 4 nitrogen and oxygen atoms in total. The molecular weight excluding hydrogens is 352 g/mol. The van der Waals surface area contributed by atoms with Gasteiger partial charge < -0.3 is 14.7 Å². The summed E-state index contributed by atoms with van der Waals surface area (Å²) < 4.78 is 54.1. The van der Waals surface area contributed by atoms with Crippen molar-refractivity contribution in [3.8, 4) is 5.75 Å². The van der Waals surface area contributed by atoms with E-state index < -0.39 is 24.0 Å². The van der Waals surface area contributed by atoms with E-state index in [-0.39, 0.29) is 5.92 Å². The van der Waals surface area contributed by atoms with Crippen LogP contribution in [0.15, 0.2) is 42.7 Å². The normalized spacial score (nSPS) is 17.2. The van der Waals surface area contributed by atoms with Crippen LogP contribution in [-0.4, -0.2) is 29.5 Å². The van der Waals surface area contributed by atoms with Crippen LogP contribution in [0.4, 0.5) is 23.2 Å². The summed E-state index contributed by atoms with van der Waals surface area (Å²) in [6, 6.07) is 7.01. The van der Waals surface area contributed by atoms with Crippen molar-refractivity contribution in [2.45, 2.75) is 25.3 Å². The van der Waals surface area contributed by atoms with Gasteiger partial charge in [0.05, 0.1) is 6.10 Å². The summed E-state index contributed by atoms with van der Waals surface area (Å²) in [7, 11) is 0.